The lowest BCUT2D eigenvalue weighted by Gasteiger charge is -2.03. The van der Waals surface area contributed by atoms with Gasteiger partial charge in [0.1, 0.15) is 18.6 Å². The number of hydrogen-bond donors (Lipinski definition) is 0. The van der Waals surface area contributed by atoms with Gasteiger partial charge in [-0.1, -0.05) is 4.68 Å². The fourth-order valence-corrected chi connectivity index (χ4v) is 1.56. The van der Waals surface area contributed by atoms with Crippen LogP contribution < -0.4 is 9.79 Å². The van der Waals surface area contributed by atoms with E-state index in [0.29, 0.717) is 19.6 Å². The number of hydrogen-bond acceptors (Lipinski definition) is 7. The Bertz CT molecular complexity index is 709. The molecule has 0 saturated heterocycles. The van der Waals surface area contributed by atoms with E-state index in [1.54, 1.807) is 24.0 Å². The highest BCUT2D eigenvalue weighted by atomic mass is 19.4. The van der Waals surface area contributed by atoms with Crippen LogP contribution in [0.4, 0.5) is 13.2 Å². The number of aliphatic carboxylic acids is 1. The van der Waals surface area contributed by atoms with E-state index in [4.69, 9.17) is 14.6 Å². The molecule has 0 bridgehead atoms. The van der Waals surface area contributed by atoms with Gasteiger partial charge in [-0.2, -0.15) is 23.4 Å². The number of halogens is 3. The molecule has 0 unspecified atom stereocenters. The standard InChI is InChI=1S/C13H15N4O2.C2HF3O2/c1-2-19-13(18)6-9-17-8-5-11(10-15-17)12-4-3-7-14-16-12;3-2(4,5)1(6)7/h3-5,7-8,10H,2,6,9H2,1H3;(H,6,7)/q+1;/p-1. The van der Waals surface area contributed by atoms with Gasteiger partial charge >= 0.3 is 12.1 Å². The predicted molar refractivity (Wildman–Crippen MR) is 77.8 cm³/mol. The summed E-state index contributed by atoms with van der Waals surface area (Å²) in [6.45, 7) is 2.70. The molecule has 0 atom stereocenters. The van der Waals surface area contributed by atoms with Gasteiger partial charge in [0.05, 0.1) is 12.3 Å². The summed E-state index contributed by atoms with van der Waals surface area (Å²) in [6, 6.07) is 5.58. The fourth-order valence-electron chi connectivity index (χ4n) is 1.56. The molecule has 2 aromatic rings. The lowest BCUT2D eigenvalue weighted by Crippen LogP contribution is -2.38. The van der Waals surface area contributed by atoms with Gasteiger partial charge in [0.15, 0.2) is 12.7 Å². The summed E-state index contributed by atoms with van der Waals surface area (Å²) in [7, 11) is 0. The Morgan fingerprint density at radius 2 is 2.00 bits per heavy atom. The largest absolute Gasteiger partial charge is 0.542 e. The minimum absolute atomic E-state index is 0.213. The quantitative estimate of drug-likeness (QED) is 0.540. The van der Waals surface area contributed by atoms with E-state index in [2.05, 4.69) is 15.3 Å². The molecular formula is C15H15F3N4O4. The first kappa shape index (κ1) is 20.9. The van der Waals surface area contributed by atoms with Gasteiger partial charge in [0.2, 0.25) is 0 Å². The van der Waals surface area contributed by atoms with Gasteiger partial charge < -0.3 is 14.6 Å². The highest BCUT2D eigenvalue weighted by molar-refractivity contribution is 5.70. The molecule has 2 aromatic heterocycles. The number of rotatable bonds is 5. The number of aromatic nitrogens is 4. The lowest BCUT2D eigenvalue weighted by molar-refractivity contribution is -0.752. The van der Waals surface area contributed by atoms with Gasteiger partial charge in [-0.3, -0.25) is 4.79 Å². The first-order valence-electron chi connectivity index (χ1n) is 7.31. The Hall–Kier alpha value is -3.11. The summed E-state index contributed by atoms with van der Waals surface area (Å²) in [5.41, 5.74) is 1.66. The molecule has 0 amide bonds. The molecule has 26 heavy (non-hydrogen) atoms. The molecule has 0 aliphatic heterocycles. The van der Waals surface area contributed by atoms with E-state index in [-0.39, 0.29) is 5.97 Å². The number of carboxylic acids is 1. The second kappa shape index (κ2) is 10.0. The second-order valence-corrected chi connectivity index (χ2v) is 4.63. The summed E-state index contributed by atoms with van der Waals surface area (Å²) in [5.74, 6) is -3.22. The number of aryl methyl sites for hydroxylation is 1. The summed E-state index contributed by atoms with van der Waals surface area (Å²) in [4.78, 5) is 20.0. The molecule has 2 heterocycles. The van der Waals surface area contributed by atoms with Crippen molar-refractivity contribution in [2.24, 2.45) is 0 Å². The molecular weight excluding hydrogens is 357 g/mol. The van der Waals surface area contributed by atoms with Gasteiger partial charge in [0, 0.05) is 17.8 Å². The first-order chi connectivity index (χ1) is 12.2. The molecule has 0 fully saturated rings. The van der Waals surface area contributed by atoms with Crippen molar-refractivity contribution in [2.45, 2.75) is 26.1 Å². The molecule has 2 rings (SSSR count). The average Bonchev–Trinajstić information content (AvgIpc) is 2.61. The normalized spacial score (nSPS) is 10.5. The number of carboxylic acid groups (broad SMARTS) is 1. The smallest absolute Gasteiger partial charge is 0.430 e. The monoisotopic (exact) mass is 372 g/mol. The van der Waals surface area contributed by atoms with E-state index < -0.39 is 12.1 Å². The molecule has 0 saturated carbocycles. The van der Waals surface area contributed by atoms with E-state index in [0.717, 1.165) is 11.3 Å². The zero-order chi connectivity index (χ0) is 19.6. The zero-order valence-corrected chi connectivity index (χ0v) is 13.6. The third-order valence-corrected chi connectivity index (χ3v) is 2.72. The fraction of sp³-hybridized carbons (Fsp3) is 0.333. The minimum Gasteiger partial charge on any atom is -0.542 e. The van der Waals surface area contributed by atoms with Crippen LogP contribution in [0.25, 0.3) is 11.3 Å². The molecule has 0 spiro atoms. The minimum atomic E-state index is -5.19. The Morgan fingerprint density at radius 1 is 1.31 bits per heavy atom. The van der Waals surface area contributed by atoms with Crippen molar-refractivity contribution in [1.82, 2.24) is 15.3 Å². The van der Waals surface area contributed by atoms with Crippen molar-refractivity contribution in [3.05, 3.63) is 36.8 Å². The van der Waals surface area contributed by atoms with E-state index >= 15 is 0 Å². The first-order valence-corrected chi connectivity index (χ1v) is 7.31. The van der Waals surface area contributed by atoms with Crippen molar-refractivity contribution in [2.75, 3.05) is 6.61 Å². The molecule has 0 aliphatic carbocycles. The number of nitrogens with zero attached hydrogens (tertiary/aromatic N) is 4. The van der Waals surface area contributed by atoms with Crippen molar-refractivity contribution < 1.29 is 37.3 Å². The molecule has 0 aliphatic rings. The van der Waals surface area contributed by atoms with Crippen LogP contribution >= 0.6 is 0 Å². The van der Waals surface area contributed by atoms with Crippen LogP contribution in [-0.4, -0.2) is 40.0 Å². The Balaban J connectivity index is 0.000000412. The maximum Gasteiger partial charge on any atom is 0.430 e. The van der Waals surface area contributed by atoms with E-state index in [9.17, 15) is 18.0 Å². The Labute approximate surface area is 146 Å². The van der Waals surface area contributed by atoms with Crippen LogP contribution in [0, 0.1) is 0 Å². The summed E-state index contributed by atoms with van der Waals surface area (Å²) in [5, 5.41) is 20.8. The maximum absolute atomic E-state index is 11.2. The van der Waals surface area contributed by atoms with Gasteiger partial charge in [-0.05, 0) is 24.2 Å². The number of alkyl halides is 3. The molecule has 0 radical (unpaired) electrons. The number of ether oxygens (including phenoxy) is 1. The van der Waals surface area contributed by atoms with E-state index in [1.165, 1.54) is 0 Å². The maximum atomic E-state index is 11.2. The molecule has 140 valence electrons. The molecule has 0 aromatic carbocycles. The Morgan fingerprint density at radius 3 is 2.46 bits per heavy atom. The zero-order valence-electron chi connectivity index (χ0n) is 13.6. The number of esters is 1. The lowest BCUT2D eigenvalue weighted by atomic mass is 10.2. The van der Waals surface area contributed by atoms with Crippen LogP contribution in [0.15, 0.2) is 36.8 Å². The van der Waals surface area contributed by atoms with Crippen LogP contribution in [0.3, 0.4) is 0 Å². The number of carbonyl (C=O) groups is 2. The van der Waals surface area contributed by atoms with Crippen LogP contribution in [0.2, 0.25) is 0 Å². The predicted octanol–water partition coefficient (Wildman–Crippen LogP) is 0.0779. The van der Waals surface area contributed by atoms with Crippen LogP contribution in [0.1, 0.15) is 13.3 Å². The van der Waals surface area contributed by atoms with Crippen molar-refractivity contribution in [3.63, 3.8) is 0 Å². The van der Waals surface area contributed by atoms with Crippen LogP contribution in [0.5, 0.6) is 0 Å². The highest BCUT2D eigenvalue weighted by Gasteiger charge is 2.28. The number of carbonyl (C=O) groups excluding carboxylic acids is 2. The van der Waals surface area contributed by atoms with Gasteiger partial charge in [0.25, 0.3) is 0 Å². The Kier molecular flexibility index (Phi) is 8.06. The third-order valence-electron chi connectivity index (χ3n) is 2.72. The summed E-state index contributed by atoms with van der Waals surface area (Å²) in [6.07, 6.45) is 0.258. The highest BCUT2D eigenvalue weighted by Crippen LogP contribution is 2.12. The topological polar surface area (TPSA) is 109 Å². The van der Waals surface area contributed by atoms with Crippen molar-refractivity contribution in [1.29, 1.82) is 0 Å². The van der Waals surface area contributed by atoms with Crippen molar-refractivity contribution in [3.8, 4) is 11.3 Å². The molecule has 11 heteroatoms. The summed E-state index contributed by atoms with van der Waals surface area (Å²) >= 11 is 0. The van der Waals surface area contributed by atoms with Gasteiger partial charge in [-0.25, -0.2) is 0 Å². The summed E-state index contributed by atoms with van der Waals surface area (Å²) < 4.78 is 38.1. The van der Waals surface area contributed by atoms with Gasteiger partial charge in [-0.15, -0.1) is 0 Å². The SMILES string of the molecule is CCOC(=O)CC[n+]1ccc(-c2cccnn2)cn1.O=C([O-])C(F)(F)F. The molecule has 8 nitrogen and oxygen atoms in total. The van der Waals surface area contributed by atoms with Crippen molar-refractivity contribution >= 4 is 11.9 Å². The average molecular weight is 372 g/mol. The third kappa shape index (κ3) is 7.64. The molecule has 0 N–H and O–H groups in total. The van der Waals surface area contributed by atoms with E-state index in [1.807, 2.05) is 24.4 Å². The van der Waals surface area contributed by atoms with Crippen LogP contribution in [-0.2, 0) is 20.9 Å². The second-order valence-electron chi connectivity index (χ2n) is 4.63.